The molecule has 27 heavy (non-hydrogen) atoms. The number of rotatable bonds is 7. The molecule has 0 fully saturated rings. The van der Waals surface area contributed by atoms with Gasteiger partial charge >= 0.3 is 0 Å². The summed E-state index contributed by atoms with van der Waals surface area (Å²) in [6.45, 7) is 3.45. The molecule has 3 N–H and O–H groups in total. The zero-order valence-corrected chi connectivity index (χ0v) is 16.1. The van der Waals surface area contributed by atoms with Crippen molar-refractivity contribution in [3.8, 4) is 0 Å². The van der Waals surface area contributed by atoms with Crippen LogP contribution in [0.3, 0.4) is 0 Å². The van der Waals surface area contributed by atoms with Crippen LogP contribution in [0.5, 0.6) is 0 Å². The molecule has 0 saturated carbocycles. The van der Waals surface area contributed by atoms with Crippen LogP contribution in [0.1, 0.15) is 23.1 Å². The van der Waals surface area contributed by atoms with E-state index in [0.717, 1.165) is 11.1 Å². The minimum absolute atomic E-state index is 0.0733. The van der Waals surface area contributed by atoms with Gasteiger partial charge in [-0.3, -0.25) is 20.4 Å². The van der Waals surface area contributed by atoms with Crippen molar-refractivity contribution in [2.24, 2.45) is 0 Å². The fourth-order valence-electron chi connectivity index (χ4n) is 2.40. The highest BCUT2D eigenvalue weighted by atomic mass is 32.2. The standard InChI is InChI=1S/C19H23N3O4S/c1-14-8-9-15(2)17(12-14)27(25,26)20-11-10-18(23)21-22-19(24)13-16-6-4-3-5-7-16/h3-9,12,20H,10-11,13H2,1-2H3,(H,21,23)(H,22,24). The van der Waals surface area contributed by atoms with Crippen LogP contribution in [0.15, 0.2) is 53.4 Å². The van der Waals surface area contributed by atoms with Crippen molar-refractivity contribution in [1.29, 1.82) is 0 Å². The molecule has 0 aliphatic carbocycles. The highest BCUT2D eigenvalue weighted by Crippen LogP contribution is 2.16. The summed E-state index contributed by atoms with van der Waals surface area (Å²) in [6.07, 6.45) is 0.0378. The molecule has 2 amide bonds. The minimum atomic E-state index is -3.70. The fourth-order valence-corrected chi connectivity index (χ4v) is 3.76. The molecule has 0 radical (unpaired) electrons. The van der Waals surface area contributed by atoms with Crippen molar-refractivity contribution in [3.05, 3.63) is 65.2 Å². The van der Waals surface area contributed by atoms with Gasteiger partial charge in [-0.05, 0) is 36.6 Å². The van der Waals surface area contributed by atoms with Crippen LogP contribution in [0.2, 0.25) is 0 Å². The largest absolute Gasteiger partial charge is 0.273 e. The number of hydrogen-bond acceptors (Lipinski definition) is 4. The summed E-state index contributed by atoms with van der Waals surface area (Å²) >= 11 is 0. The van der Waals surface area contributed by atoms with Crippen molar-refractivity contribution >= 4 is 21.8 Å². The fraction of sp³-hybridized carbons (Fsp3) is 0.263. The number of hydrogen-bond donors (Lipinski definition) is 3. The first-order chi connectivity index (χ1) is 12.8. The predicted molar refractivity (Wildman–Crippen MR) is 102 cm³/mol. The average molecular weight is 389 g/mol. The van der Waals surface area contributed by atoms with Crippen molar-refractivity contribution in [2.75, 3.05) is 6.54 Å². The van der Waals surface area contributed by atoms with Gasteiger partial charge in [0.1, 0.15) is 0 Å². The lowest BCUT2D eigenvalue weighted by atomic mass is 10.1. The number of hydrazine groups is 1. The molecule has 0 unspecified atom stereocenters. The van der Waals surface area contributed by atoms with Crippen molar-refractivity contribution in [1.82, 2.24) is 15.6 Å². The Morgan fingerprint density at radius 1 is 0.926 bits per heavy atom. The van der Waals surface area contributed by atoms with E-state index in [2.05, 4.69) is 15.6 Å². The third-order valence-electron chi connectivity index (χ3n) is 3.83. The quantitative estimate of drug-likeness (QED) is 0.622. The zero-order valence-electron chi connectivity index (χ0n) is 15.3. The number of carbonyl (C=O) groups excluding carboxylic acids is 2. The van der Waals surface area contributed by atoms with Gasteiger partial charge in [-0.2, -0.15) is 0 Å². The van der Waals surface area contributed by atoms with E-state index in [4.69, 9.17) is 0 Å². The van der Waals surface area contributed by atoms with Crippen LogP contribution in [0.25, 0.3) is 0 Å². The lowest BCUT2D eigenvalue weighted by Crippen LogP contribution is -2.43. The van der Waals surface area contributed by atoms with E-state index >= 15 is 0 Å². The summed E-state index contributed by atoms with van der Waals surface area (Å²) in [5.41, 5.74) is 6.88. The molecule has 0 aromatic heterocycles. The van der Waals surface area contributed by atoms with E-state index in [0.29, 0.717) is 5.56 Å². The van der Waals surface area contributed by atoms with Gasteiger partial charge < -0.3 is 0 Å². The van der Waals surface area contributed by atoms with Crippen LogP contribution in [0, 0.1) is 13.8 Å². The molecule has 2 aromatic rings. The summed E-state index contributed by atoms with van der Waals surface area (Å²) in [5.74, 6) is -0.842. The van der Waals surface area contributed by atoms with E-state index < -0.39 is 15.9 Å². The smallest absolute Gasteiger partial charge is 0.242 e. The first kappa shape index (κ1) is 20.6. The second-order valence-electron chi connectivity index (χ2n) is 6.18. The van der Waals surface area contributed by atoms with Gasteiger partial charge in [-0.15, -0.1) is 0 Å². The molecular weight excluding hydrogens is 366 g/mol. The lowest BCUT2D eigenvalue weighted by Gasteiger charge is -2.11. The van der Waals surface area contributed by atoms with Gasteiger partial charge in [0, 0.05) is 13.0 Å². The number of sulfonamides is 1. The highest BCUT2D eigenvalue weighted by Gasteiger charge is 2.17. The van der Waals surface area contributed by atoms with Crippen LogP contribution in [-0.4, -0.2) is 26.8 Å². The molecule has 0 aliphatic heterocycles. The molecular formula is C19H23N3O4S. The van der Waals surface area contributed by atoms with Crippen LogP contribution in [-0.2, 0) is 26.0 Å². The second-order valence-corrected chi connectivity index (χ2v) is 7.91. The molecule has 7 nitrogen and oxygen atoms in total. The van der Waals surface area contributed by atoms with Gasteiger partial charge in [0.05, 0.1) is 11.3 Å². The molecule has 0 spiro atoms. The van der Waals surface area contributed by atoms with E-state index in [1.54, 1.807) is 19.1 Å². The summed E-state index contributed by atoms with van der Waals surface area (Å²) in [7, 11) is -3.70. The molecule has 2 aromatic carbocycles. The Kier molecular flexibility index (Phi) is 7.09. The predicted octanol–water partition coefficient (Wildman–Crippen LogP) is 1.36. The molecule has 0 atom stereocenters. The minimum Gasteiger partial charge on any atom is -0.273 e. The lowest BCUT2D eigenvalue weighted by molar-refractivity contribution is -0.128. The molecule has 0 aliphatic rings. The SMILES string of the molecule is Cc1ccc(C)c(S(=O)(=O)NCCC(=O)NNC(=O)Cc2ccccc2)c1. The normalized spacial score (nSPS) is 11.0. The monoisotopic (exact) mass is 389 g/mol. The number of amides is 2. The van der Waals surface area contributed by atoms with Crippen LogP contribution >= 0.6 is 0 Å². The number of carbonyl (C=O) groups is 2. The Morgan fingerprint density at radius 2 is 1.59 bits per heavy atom. The van der Waals surface area contributed by atoms with Gasteiger partial charge in [0.25, 0.3) is 0 Å². The second kappa shape index (κ2) is 9.29. The molecule has 0 bridgehead atoms. The maximum Gasteiger partial charge on any atom is 0.242 e. The summed E-state index contributed by atoms with van der Waals surface area (Å²) < 4.78 is 27.1. The Bertz CT molecular complexity index is 912. The summed E-state index contributed by atoms with van der Waals surface area (Å²) in [6, 6.07) is 14.3. The molecule has 0 saturated heterocycles. The Balaban J connectivity index is 1.77. The summed E-state index contributed by atoms with van der Waals surface area (Å²) in [5, 5.41) is 0. The maximum atomic E-state index is 12.3. The number of benzene rings is 2. The highest BCUT2D eigenvalue weighted by molar-refractivity contribution is 7.89. The van der Waals surface area contributed by atoms with Gasteiger partial charge in [0.2, 0.25) is 21.8 Å². The number of nitrogens with one attached hydrogen (secondary N) is 3. The summed E-state index contributed by atoms with van der Waals surface area (Å²) in [4.78, 5) is 23.7. The van der Waals surface area contributed by atoms with Crippen LogP contribution < -0.4 is 15.6 Å². The Labute approximate surface area is 159 Å². The molecule has 0 heterocycles. The van der Waals surface area contributed by atoms with E-state index in [9.17, 15) is 18.0 Å². The first-order valence-corrected chi connectivity index (χ1v) is 9.95. The molecule has 8 heteroatoms. The maximum absolute atomic E-state index is 12.3. The van der Waals surface area contributed by atoms with E-state index in [1.807, 2.05) is 43.3 Å². The van der Waals surface area contributed by atoms with Crippen molar-refractivity contribution < 1.29 is 18.0 Å². The van der Waals surface area contributed by atoms with E-state index in [-0.39, 0.29) is 30.2 Å². The molecule has 144 valence electrons. The van der Waals surface area contributed by atoms with Gasteiger partial charge in [0.15, 0.2) is 0 Å². The van der Waals surface area contributed by atoms with Crippen LogP contribution in [0.4, 0.5) is 0 Å². The number of aryl methyl sites for hydroxylation is 2. The third-order valence-corrected chi connectivity index (χ3v) is 5.43. The van der Waals surface area contributed by atoms with E-state index in [1.165, 1.54) is 0 Å². The first-order valence-electron chi connectivity index (χ1n) is 8.46. The third kappa shape index (κ3) is 6.50. The Hall–Kier alpha value is -2.71. The average Bonchev–Trinajstić information content (AvgIpc) is 2.62. The Morgan fingerprint density at radius 3 is 2.30 bits per heavy atom. The van der Waals surface area contributed by atoms with Crippen molar-refractivity contribution in [2.45, 2.75) is 31.6 Å². The molecule has 2 rings (SSSR count). The van der Waals surface area contributed by atoms with Gasteiger partial charge in [-0.1, -0.05) is 42.5 Å². The zero-order chi connectivity index (χ0) is 19.9. The van der Waals surface area contributed by atoms with Crippen molar-refractivity contribution in [3.63, 3.8) is 0 Å². The van der Waals surface area contributed by atoms with Gasteiger partial charge in [-0.25, -0.2) is 13.1 Å². The topological polar surface area (TPSA) is 104 Å².